The first-order valence-electron chi connectivity index (χ1n) is 6.26. The van der Waals surface area contributed by atoms with Crippen molar-refractivity contribution in [3.05, 3.63) is 45.5 Å². The maximum Gasteiger partial charge on any atom is 0.206 e. The van der Waals surface area contributed by atoms with E-state index < -0.39 is 0 Å². The van der Waals surface area contributed by atoms with E-state index in [9.17, 15) is 4.79 Å². The maximum absolute atomic E-state index is 12.7. The first-order valence-corrected chi connectivity index (χ1v) is 7.03. The van der Waals surface area contributed by atoms with Crippen molar-refractivity contribution in [2.24, 2.45) is 0 Å². The number of ketones is 1. The largest absolute Gasteiger partial charge is 0.288 e. The summed E-state index contributed by atoms with van der Waals surface area (Å²) in [6.45, 7) is 10.1. The fourth-order valence-corrected chi connectivity index (χ4v) is 2.78. The summed E-state index contributed by atoms with van der Waals surface area (Å²) >= 11 is 1.18. The van der Waals surface area contributed by atoms with Crippen molar-refractivity contribution in [1.82, 2.24) is 9.59 Å². The van der Waals surface area contributed by atoms with Crippen molar-refractivity contribution in [3.8, 4) is 0 Å². The molecule has 0 spiro atoms. The van der Waals surface area contributed by atoms with Gasteiger partial charge in [0, 0.05) is 11.0 Å². The predicted octanol–water partition coefficient (Wildman–Crippen LogP) is 3.68. The Labute approximate surface area is 117 Å². The highest BCUT2D eigenvalue weighted by Crippen LogP contribution is 2.28. The van der Waals surface area contributed by atoms with E-state index in [-0.39, 0.29) is 11.2 Å². The molecule has 0 unspecified atom stereocenters. The van der Waals surface area contributed by atoms with Gasteiger partial charge in [-0.2, -0.15) is 0 Å². The summed E-state index contributed by atoms with van der Waals surface area (Å²) < 4.78 is 3.96. The second kappa shape index (κ2) is 4.85. The second-order valence-corrected chi connectivity index (χ2v) is 6.53. The van der Waals surface area contributed by atoms with Crippen LogP contribution >= 0.6 is 11.5 Å². The number of rotatable bonds is 2. The van der Waals surface area contributed by atoms with Crippen LogP contribution in [0.25, 0.3) is 0 Å². The summed E-state index contributed by atoms with van der Waals surface area (Å²) in [5.41, 5.74) is 3.51. The van der Waals surface area contributed by atoms with Gasteiger partial charge in [-0.15, -0.1) is 5.10 Å². The quantitative estimate of drug-likeness (QED) is 0.784. The molecule has 0 amide bonds. The van der Waals surface area contributed by atoms with Crippen LogP contribution in [0.2, 0.25) is 0 Å². The first kappa shape index (κ1) is 13.9. The van der Waals surface area contributed by atoms with E-state index >= 15 is 0 Å². The van der Waals surface area contributed by atoms with Crippen molar-refractivity contribution in [2.45, 2.75) is 40.0 Å². The van der Waals surface area contributed by atoms with Gasteiger partial charge >= 0.3 is 0 Å². The Balaban J connectivity index is 2.52. The highest BCUT2D eigenvalue weighted by molar-refractivity contribution is 7.08. The third-order valence-electron chi connectivity index (χ3n) is 3.25. The molecule has 0 radical (unpaired) electrons. The van der Waals surface area contributed by atoms with E-state index in [0.717, 1.165) is 22.4 Å². The number of hydrogen-bond donors (Lipinski definition) is 0. The van der Waals surface area contributed by atoms with Crippen LogP contribution in [-0.4, -0.2) is 15.4 Å². The molecule has 0 bridgehead atoms. The summed E-state index contributed by atoms with van der Waals surface area (Å²) in [6.07, 6.45) is 0. The minimum absolute atomic E-state index is 0.0288. The van der Waals surface area contributed by atoms with Gasteiger partial charge in [0.2, 0.25) is 5.78 Å². The molecule has 100 valence electrons. The smallest absolute Gasteiger partial charge is 0.206 e. The van der Waals surface area contributed by atoms with Gasteiger partial charge in [-0.25, -0.2) is 0 Å². The fourth-order valence-electron chi connectivity index (χ4n) is 1.95. The van der Waals surface area contributed by atoms with Gasteiger partial charge < -0.3 is 0 Å². The Morgan fingerprint density at radius 1 is 1.21 bits per heavy atom. The second-order valence-electron chi connectivity index (χ2n) is 5.78. The van der Waals surface area contributed by atoms with Gasteiger partial charge in [0.05, 0.1) is 5.69 Å². The number of carbonyl (C=O) groups excluding carboxylic acids is 1. The van der Waals surface area contributed by atoms with E-state index in [2.05, 4.69) is 9.59 Å². The zero-order chi connectivity index (χ0) is 14.2. The summed E-state index contributed by atoms with van der Waals surface area (Å²) in [4.78, 5) is 13.3. The standard InChI is InChI=1S/C15H18N2OS/c1-9-7-6-8-11(10(9)2)12(18)13-14(15(3,4)5)16-17-19-13/h6-8H,1-5H3. The van der Waals surface area contributed by atoms with Gasteiger partial charge in [-0.05, 0) is 36.5 Å². The van der Waals surface area contributed by atoms with Crippen LogP contribution < -0.4 is 0 Å². The number of aryl methyl sites for hydroxylation is 1. The highest BCUT2D eigenvalue weighted by Gasteiger charge is 2.27. The molecule has 1 heterocycles. The SMILES string of the molecule is Cc1cccc(C(=O)c2snnc2C(C)(C)C)c1C. The first-order chi connectivity index (χ1) is 8.82. The zero-order valence-electron chi connectivity index (χ0n) is 11.9. The lowest BCUT2D eigenvalue weighted by atomic mass is 9.89. The highest BCUT2D eigenvalue weighted by atomic mass is 32.1. The minimum Gasteiger partial charge on any atom is -0.288 e. The van der Waals surface area contributed by atoms with Crippen LogP contribution in [0.4, 0.5) is 0 Å². The maximum atomic E-state index is 12.7. The van der Waals surface area contributed by atoms with Crippen LogP contribution in [-0.2, 0) is 5.41 Å². The molecule has 0 atom stereocenters. The van der Waals surface area contributed by atoms with E-state index in [0.29, 0.717) is 4.88 Å². The minimum atomic E-state index is -0.171. The predicted molar refractivity (Wildman–Crippen MR) is 78.0 cm³/mol. The van der Waals surface area contributed by atoms with E-state index in [1.54, 1.807) is 0 Å². The van der Waals surface area contributed by atoms with Crippen molar-refractivity contribution in [2.75, 3.05) is 0 Å². The van der Waals surface area contributed by atoms with Crippen LogP contribution in [0.15, 0.2) is 18.2 Å². The molecule has 0 aliphatic heterocycles. The Morgan fingerprint density at radius 2 is 1.89 bits per heavy atom. The molecule has 0 N–H and O–H groups in total. The molecule has 1 aromatic heterocycles. The molecular formula is C15H18N2OS. The molecule has 0 aliphatic rings. The molecule has 0 fully saturated rings. The van der Waals surface area contributed by atoms with Crippen molar-refractivity contribution in [1.29, 1.82) is 0 Å². The van der Waals surface area contributed by atoms with Gasteiger partial charge in [0.15, 0.2) is 0 Å². The Hall–Kier alpha value is -1.55. The number of hydrogen-bond acceptors (Lipinski definition) is 4. The average Bonchev–Trinajstić information content (AvgIpc) is 2.80. The lowest BCUT2D eigenvalue weighted by Gasteiger charge is -2.16. The van der Waals surface area contributed by atoms with Crippen LogP contribution in [0.3, 0.4) is 0 Å². The molecule has 4 heteroatoms. The van der Waals surface area contributed by atoms with Gasteiger partial charge in [0.1, 0.15) is 4.88 Å². The monoisotopic (exact) mass is 274 g/mol. The van der Waals surface area contributed by atoms with Crippen molar-refractivity contribution < 1.29 is 4.79 Å². The van der Waals surface area contributed by atoms with E-state index in [1.807, 2.05) is 52.8 Å². The molecular weight excluding hydrogens is 256 g/mol. The fraction of sp³-hybridized carbons (Fsp3) is 0.400. The number of carbonyl (C=O) groups is 1. The summed E-state index contributed by atoms with van der Waals surface area (Å²) in [5, 5.41) is 4.13. The van der Waals surface area contributed by atoms with Crippen LogP contribution in [0, 0.1) is 13.8 Å². The number of aromatic nitrogens is 2. The van der Waals surface area contributed by atoms with Gasteiger partial charge in [-0.3, -0.25) is 4.79 Å². The van der Waals surface area contributed by atoms with E-state index in [1.165, 1.54) is 11.5 Å². The number of benzene rings is 1. The average molecular weight is 274 g/mol. The lowest BCUT2D eigenvalue weighted by molar-refractivity contribution is 0.103. The lowest BCUT2D eigenvalue weighted by Crippen LogP contribution is -2.17. The molecule has 0 saturated heterocycles. The summed E-state index contributed by atoms with van der Waals surface area (Å²) in [5.74, 6) is 0.0288. The molecule has 0 saturated carbocycles. The Kier molecular flexibility index (Phi) is 3.54. The molecule has 2 rings (SSSR count). The van der Waals surface area contributed by atoms with Crippen LogP contribution in [0.1, 0.15) is 52.8 Å². The normalized spacial score (nSPS) is 11.6. The Morgan fingerprint density at radius 3 is 2.53 bits per heavy atom. The van der Waals surface area contributed by atoms with Crippen LogP contribution in [0.5, 0.6) is 0 Å². The molecule has 0 aliphatic carbocycles. The van der Waals surface area contributed by atoms with E-state index in [4.69, 9.17) is 0 Å². The summed E-state index contributed by atoms with van der Waals surface area (Å²) in [6, 6.07) is 5.80. The number of nitrogens with zero attached hydrogens (tertiary/aromatic N) is 2. The molecule has 3 nitrogen and oxygen atoms in total. The molecule has 19 heavy (non-hydrogen) atoms. The Bertz CT molecular complexity index is 623. The topological polar surface area (TPSA) is 42.9 Å². The zero-order valence-corrected chi connectivity index (χ0v) is 12.8. The molecule has 2 aromatic rings. The van der Waals surface area contributed by atoms with Gasteiger partial charge in [-0.1, -0.05) is 43.5 Å². The molecule has 1 aromatic carbocycles. The van der Waals surface area contributed by atoms with Crippen molar-refractivity contribution >= 4 is 17.3 Å². The third-order valence-corrected chi connectivity index (χ3v) is 3.98. The van der Waals surface area contributed by atoms with Crippen molar-refractivity contribution in [3.63, 3.8) is 0 Å². The summed E-state index contributed by atoms with van der Waals surface area (Å²) in [7, 11) is 0. The van der Waals surface area contributed by atoms with Gasteiger partial charge in [0.25, 0.3) is 0 Å². The third kappa shape index (κ3) is 2.59.